The molecule has 0 aliphatic carbocycles. The first-order chi connectivity index (χ1) is 17.1. The van der Waals surface area contributed by atoms with Gasteiger partial charge in [-0.1, -0.05) is 18.2 Å². The van der Waals surface area contributed by atoms with Gasteiger partial charge in [-0.05, 0) is 35.4 Å². The molecule has 3 aromatic heterocycles. The van der Waals surface area contributed by atoms with Crippen molar-refractivity contribution < 1.29 is 27.1 Å². The van der Waals surface area contributed by atoms with Crippen LogP contribution in [0.1, 0.15) is 10.5 Å². The molecule has 1 amide bonds. The number of nitrogens with one attached hydrogen (secondary N) is 2. The Morgan fingerprint density at radius 1 is 1.06 bits per heavy atom. The van der Waals surface area contributed by atoms with E-state index in [-0.39, 0.29) is 17.4 Å². The highest BCUT2D eigenvalue weighted by Gasteiger charge is 2.31. The maximum Gasteiger partial charge on any atom is 0.573 e. The van der Waals surface area contributed by atoms with E-state index >= 15 is 0 Å². The lowest BCUT2D eigenvalue weighted by Gasteiger charge is -2.13. The summed E-state index contributed by atoms with van der Waals surface area (Å²) >= 11 is 0. The fraction of sp³-hybridized carbons (Fsp3) is 0.125. The fourth-order valence-electron chi connectivity index (χ4n) is 3.78. The average molecular weight is 498 g/mol. The minimum absolute atomic E-state index is 0.0614. The predicted octanol–water partition coefficient (Wildman–Crippen LogP) is 5.23. The minimum atomic E-state index is -4.79. The second-order valence-electron chi connectivity index (χ2n) is 8.14. The molecule has 0 radical (unpaired) electrons. The molecule has 0 atom stereocenters. The van der Waals surface area contributed by atoms with Gasteiger partial charge in [0.2, 0.25) is 5.95 Å². The maximum atomic E-state index is 13.9. The Bertz CT molecular complexity index is 1610. The van der Waals surface area contributed by atoms with Gasteiger partial charge < -0.3 is 19.0 Å². The minimum Gasteiger partial charge on any atom is -0.406 e. The molecule has 0 spiro atoms. The summed E-state index contributed by atoms with van der Waals surface area (Å²) in [6, 6.07) is 12.0. The number of amides is 1. The largest absolute Gasteiger partial charge is 0.573 e. The number of pyridine rings is 1. The average Bonchev–Trinajstić information content (AvgIpc) is 3.40. The van der Waals surface area contributed by atoms with E-state index in [2.05, 4.69) is 25.0 Å². The molecule has 8 nitrogen and oxygen atoms in total. The normalized spacial score (nSPS) is 11.7. The smallest absolute Gasteiger partial charge is 0.406 e. The summed E-state index contributed by atoms with van der Waals surface area (Å²) in [6.45, 7) is 0. The lowest BCUT2D eigenvalue weighted by Crippen LogP contribution is -2.17. The number of imidazole rings is 2. The molecule has 0 aliphatic heterocycles. The van der Waals surface area contributed by atoms with Crippen LogP contribution in [0.25, 0.3) is 27.8 Å². The van der Waals surface area contributed by atoms with E-state index in [1.165, 1.54) is 41.1 Å². The SMILES string of the molecule is CN(C)c1cc(F)cn2cc(C(=O)Nc3nc4ccc(-c5cccc(OC(F)(F)F)c5)cc4[nH]3)nc12. The van der Waals surface area contributed by atoms with Crippen molar-refractivity contribution in [2.24, 2.45) is 0 Å². The zero-order chi connectivity index (χ0) is 25.6. The number of fused-ring (bicyclic) bond motifs is 2. The summed E-state index contributed by atoms with van der Waals surface area (Å²) in [7, 11) is 3.48. The fourth-order valence-corrected chi connectivity index (χ4v) is 3.78. The molecule has 2 N–H and O–H groups in total. The zero-order valence-electron chi connectivity index (χ0n) is 18.9. The van der Waals surface area contributed by atoms with E-state index in [0.717, 1.165) is 0 Å². The molecule has 0 saturated heterocycles. The van der Waals surface area contributed by atoms with Crippen LogP contribution in [0.15, 0.2) is 60.9 Å². The van der Waals surface area contributed by atoms with Gasteiger partial charge >= 0.3 is 6.36 Å². The Balaban J connectivity index is 1.40. The topological polar surface area (TPSA) is 87.5 Å². The third kappa shape index (κ3) is 4.65. The molecule has 0 saturated carbocycles. The number of alkyl halides is 3. The highest BCUT2D eigenvalue weighted by Crippen LogP contribution is 2.30. The Morgan fingerprint density at radius 3 is 2.58 bits per heavy atom. The maximum absolute atomic E-state index is 13.9. The van der Waals surface area contributed by atoms with Gasteiger partial charge in [-0.15, -0.1) is 13.2 Å². The second kappa shape index (κ2) is 8.56. The summed E-state index contributed by atoms with van der Waals surface area (Å²) in [4.78, 5) is 26.1. The third-order valence-electron chi connectivity index (χ3n) is 5.33. The molecular formula is C24H18F4N6O2. The molecule has 0 unspecified atom stereocenters. The number of benzene rings is 2. The Kier molecular flexibility index (Phi) is 5.50. The first-order valence-electron chi connectivity index (χ1n) is 10.6. The molecule has 5 rings (SSSR count). The number of carbonyl (C=O) groups excluding carboxylic acids is 1. The molecular weight excluding hydrogens is 480 g/mol. The van der Waals surface area contributed by atoms with Crippen molar-refractivity contribution in [1.82, 2.24) is 19.4 Å². The highest BCUT2D eigenvalue weighted by molar-refractivity contribution is 6.03. The van der Waals surface area contributed by atoms with Gasteiger partial charge in [0.1, 0.15) is 17.3 Å². The Morgan fingerprint density at radius 2 is 1.83 bits per heavy atom. The van der Waals surface area contributed by atoms with Gasteiger partial charge in [-0.3, -0.25) is 10.1 Å². The number of nitrogens with zero attached hydrogens (tertiary/aromatic N) is 4. The van der Waals surface area contributed by atoms with Gasteiger partial charge in [-0.25, -0.2) is 14.4 Å². The number of aromatic amines is 1. The van der Waals surface area contributed by atoms with Crippen molar-refractivity contribution in [3.63, 3.8) is 0 Å². The number of H-pyrrole nitrogens is 1. The number of carbonyl (C=O) groups is 1. The molecule has 0 fully saturated rings. The van der Waals surface area contributed by atoms with Crippen molar-refractivity contribution >= 4 is 34.2 Å². The molecule has 12 heteroatoms. The number of aromatic nitrogens is 4. The Labute approximate surface area is 201 Å². The number of anilines is 2. The van der Waals surface area contributed by atoms with Crippen LogP contribution in [0.5, 0.6) is 5.75 Å². The first kappa shape index (κ1) is 23.1. The van der Waals surface area contributed by atoms with Gasteiger partial charge in [0.05, 0.1) is 16.7 Å². The molecule has 3 heterocycles. The quantitative estimate of drug-likeness (QED) is 0.324. The van der Waals surface area contributed by atoms with Crippen LogP contribution in [0.2, 0.25) is 0 Å². The van der Waals surface area contributed by atoms with Crippen LogP contribution in [0, 0.1) is 5.82 Å². The van der Waals surface area contributed by atoms with Crippen LogP contribution in [0.3, 0.4) is 0 Å². The van der Waals surface area contributed by atoms with Crippen LogP contribution in [0.4, 0.5) is 29.2 Å². The summed E-state index contributed by atoms with van der Waals surface area (Å²) in [5, 5.41) is 2.63. The van der Waals surface area contributed by atoms with E-state index in [4.69, 9.17) is 0 Å². The molecule has 0 aliphatic rings. The van der Waals surface area contributed by atoms with E-state index in [1.54, 1.807) is 43.3 Å². The van der Waals surface area contributed by atoms with Crippen molar-refractivity contribution in [2.45, 2.75) is 6.36 Å². The summed E-state index contributed by atoms with van der Waals surface area (Å²) in [6.07, 6.45) is -2.15. The number of halogens is 4. The first-order valence-corrected chi connectivity index (χ1v) is 10.6. The molecule has 184 valence electrons. The lowest BCUT2D eigenvalue weighted by molar-refractivity contribution is -0.274. The third-order valence-corrected chi connectivity index (χ3v) is 5.33. The molecule has 5 aromatic rings. The van der Waals surface area contributed by atoms with Crippen LogP contribution < -0.4 is 15.0 Å². The standard InChI is InChI=1S/C24H18F4N6O2/c1-33(2)20-10-15(25)11-34-12-19(29-21(20)34)22(35)32-23-30-17-7-6-14(9-18(17)31-23)13-4-3-5-16(8-13)36-24(26,27)28/h3-12H,1-2H3,(H2,30,31,32,35). The number of hydrogen-bond donors (Lipinski definition) is 2. The zero-order valence-corrected chi connectivity index (χ0v) is 18.9. The summed E-state index contributed by atoms with van der Waals surface area (Å²) in [5.41, 5.74) is 3.20. The highest BCUT2D eigenvalue weighted by atomic mass is 19.4. The number of hydrogen-bond acceptors (Lipinski definition) is 5. The second-order valence-corrected chi connectivity index (χ2v) is 8.14. The van der Waals surface area contributed by atoms with E-state index < -0.39 is 18.1 Å². The van der Waals surface area contributed by atoms with Crippen molar-refractivity contribution in [3.8, 4) is 16.9 Å². The molecule has 36 heavy (non-hydrogen) atoms. The summed E-state index contributed by atoms with van der Waals surface area (Å²) < 4.78 is 57.0. The Hall–Kier alpha value is -4.61. The van der Waals surface area contributed by atoms with Gasteiger partial charge in [0.15, 0.2) is 5.65 Å². The van der Waals surface area contributed by atoms with Crippen LogP contribution in [-0.4, -0.2) is 45.7 Å². The predicted molar refractivity (Wildman–Crippen MR) is 126 cm³/mol. The van der Waals surface area contributed by atoms with E-state index in [0.29, 0.717) is 33.5 Å². The number of ether oxygens (including phenoxy) is 1. The van der Waals surface area contributed by atoms with Crippen LogP contribution in [-0.2, 0) is 0 Å². The van der Waals surface area contributed by atoms with Gasteiger partial charge in [-0.2, -0.15) is 0 Å². The van der Waals surface area contributed by atoms with Crippen molar-refractivity contribution in [1.29, 1.82) is 0 Å². The van der Waals surface area contributed by atoms with E-state index in [9.17, 15) is 22.4 Å². The lowest BCUT2D eigenvalue weighted by atomic mass is 10.0. The van der Waals surface area contributed by atoms with Crippen molar-refractivity contribution in [3.05, 3.63) is 72.4 Å². The van der Waals surface area contributed by atoms with Gasteiger partial charge in [0, 0.05) is 32.6 Å². The summed E-state index contributed by atoms with van der Waals surface area (Å²) in [5.74, 6) is -1.21. The van der Waals surface area contributed by atoms with Gasteiger partial charge in [0.25, 0.3) is 5.91 Å². The van der Waals surface area contributed by atoms with E-state index in [1.807, 2.05) is 0 Å². The number of rotatable bonds is 5. The molecule has 2 aromatic carbocycles. The van der Waals surface area contributed by atoms with Crippen molar-refractivity contribution in [2.75, 3.05) is 24.3 Å². The van der Waals surface area contributed by atoms with Crippen LogP contribution >= 0.6 is 0 Å². The molecule has 0 bridgehead atoms. The monoisotopic (exact) mass is 498 g/mol.